The van der Waals surface area contributed by atoms with Gasteiger partial charge in [0.05, 0.1) is 24.1 Å². The summed E-state index contributed by atoms with van der Waals surface area (Å²) < 4.78 is 85.8. The lowest BCUT2D eigenvalue weighted by Gasteiger charge is -2.23. The van der Waals surface area contributed by atoms with Crippen LogP contribution in [0.25, 0.3) is 0 Å². The number of nitrogens with zero attached hydrogens (tertiary/aromatic N) is 2. The molecule has 0 fully saturated rings. The molecule has 1 amide bonds. The highest BCUT2D eigenvalue weighted by atomic mass is 32.2. The SMILES string of the molecule is CCCS(=O)(=O)N(C(=O)c1ccc(OCC(F)(F)F)nc1)c1ccc(OC)c(F)c1. The van der Waals surface area contributed by atoms with E-state index in [1.165, 1.54) is 19.2 Å². The summed E-state index contributed by atoms with van der Waals surface area (Å²) in [7, 11) is -2.96. The molecule has 2 rings (SSSR count). The third-order valence-corrected chi connectivity index (χ3v) is 5.52. The number of anilines is 1. The molecule has 164 valence electrons. The van der Waals surface area contributed by atoms with Crippen LogP contribution in [0.5, 0.6) is 11.6 Å². The second-order valence-electron chi connectivity index (χ2n) is 5.99. The van der Waals surface area contributed by atoms with Crippen molar-refractivity contribution >= 4 is 21.6 Å². The van der Waals surface area contributed by atoms with Crippen LogP contribution in [-0.4, -0.2) is 45.0 Å². The fraction of sp³-hybridized carbons (Fsp3) is 0.333. The molecule has 0 aliphatic carbocycles. The molecule has 0 radical (unpaired) electrons. The van der Waals surface area contributed by atoms with Gasteiger partial charge in [-0.25, -0.2) is 22.1 Å². The van der Waals surface area contributed by atoms with Crippen LogP contribution >= 0.6 is 0 Å². The molecule has 0 atom stereocenters. The van der Waals surface area contributed by atoms with Crippen LogP contribution in [0.1, 0.15) is 23.7 Å². The third-order valence-electron chi connectivity index (χ3n) is 3.66. The molecule has 1 heterocycles. The van der Waals surface area contributed by atoms with Crippen molar-refractivity contribution < 1.29 is 40.2 Å². The monoisotopic (exact) mass is 450 g/mol. The average Bonchev–Trinajstić information content (AvgIpc) is 2.66. The van der Waals surface area contributed by atoms with Crippen molar-refractivity contribution in [2.75, 3.05) is 23.8 Å². The summed E-state index contributed by atoms with van der Waals surface area (Å²) in [5.74, 6) is -2.88. The van der Waals surface area contributed by atoms with Crippen molar-refractivity contribution in [3.05, 3.63) is 47.9 Å². The van der Waals surface area contributed by atoms with E-state index in [9.17, 15) is 30.8 Å². The number of methoxy groups -OCH3 is 1. The topological polar surface area (TPSA) is 85.8 Å². The predicted octanol–water partition coefficient (Wildman–Crippen LogP) is 3.56. The number of benzene rings is 1. The Hall–Kier alpha value is -2.89. The van der Waals surface area contributed by atoms with Crippen LogP contribution in [0.4, 0.5) is 23.2 Å². The van der Waals surface area contributed by atoms with E-state index in [1.807, 2.05) is 0 Å². The van der Waals surface area contributed by atoms with Gasteiger partial charge in [-0.1, -0.05) is 6.92 Å². The molecule has 0 saturated carbocycles. The fourth-order valence-corrected chi connectivity index (χ4v) is 3.89. The molecule has 7 nitrogen and oxygen atoms in total. The Balaban J connectivity index is 2.39. The van der Waals surface area contributed by atoms with Gasteiger partial charge in [0, 0.05) is 18.3 Å². The van der Waals surface area contributed by atoms with E-state index >= 15 is 0 Å². The molecule has 1 aromatic carbocycles. The standard InChI is InChI=1S/C18H18F4N2O5S/c1-3-8-30(26,27)24(13-5-6-15(28-2)14(19)9-13)17(25)12-4-7-16(23-10-12)29-11-18(20,21)22/h4-7,9-10H,3,8,11H2,1-2H3. The number of carbonyl (C=O) groups is 1. The van der Waals surface area contributed by atoms with E-state index in [1.54, 1.807) is 6.92 Å². The van der Waals surface area contributed by atoms with Gasteiger partial charge in [0.15, 0.2) is 18.2 Å². The maximum atomic E-state index is 14.1. The molecule has 12 heteroatoms. The average molecular weight is 450 g/mol. The first-order valence-corrected chi connectivity index (χ1v) is 10.2. The molecular weight excluding hydrogens is 432 g/mol. The van der Waals surface area contributed by atoms with Crippen molar-refractivity contribution in [3.63, 3.8) is 0 Å². The molecule has 30 heavy (non-hydrogen) atoms. The lowest BCUT2D eigenvalue weighted by atomic mass is 10.2. The number of hydrogen-bond donors (Lipinski definition) is 0. The number of ether oxygens (including phenoxy) is 2. The minimum absolute atomic E-state index is 0.146. The number of sulfonamides is 1. The van der Waals surface area contributed by atoms with Gasteiger partial charge in [-0.2, -0.15) is 13.2 Å². The number of rotatable bonds is 8. The van der Waals surface area contributed by atoms with Crippen molar-refractivity contribution in [1.82, 2.24) is 4.98 Å². The van der Waals surface area contributed by atoms with Crippen LogP contribution in [0.2, 0.25) is 0 Å². The zero-order valence-electron chi connectivity index (χ0n) is 15.9. The Kier molecular flexibility index (Phi) is 7.24. The quantitative estimate of drug-likeness (QED) is 0.572. The molecule has 0 saturated heterocycles. The molecule has 0 bridgehead atoms. The molecule has 0 unspecified atom stereocenters. The minimum atomic E-state index is -4.57. The van der Waals surface area contributed by atoms with Crippen LogP contribution in [0.15, 0.2) is 36.5 Å². The van der Waals surface area contributed by atoms with E-state index in [0.29, 0.717) is 4.31 Å². The number of amides is 1. The molecule has 0 aliphatic heterocycles. The van der Waals surface area contributed by atoms with Gasteiger partial charge in [0.1, 0.15) is 0 Å². The highest BCUT2D eigenvalue weighted by Crippen LogP contribution is 2.27. The van der Waals surface area contributed by atoms with Gasteiger partial charge in [0.2, 0.25) is 15.9 Å². The van der Waals surface area contributed by atoms with Gasteiger partial charge < -0.3 is 9.47 Å². The summed E-state index contributed by atoms with van der Waals surface area (Å²) in [6.07, 6.45) is -3.50. The first-order valence-electron chi connectivity index (χ1n) is 8.55. The lowest BCUT2D eigenvalue weighted by Crippen LogP contribution is -2.38. The Morgan fingerprint density at radius 1 is 1.20 bits per heavy atom. The lowest BCUT2D eigenvalue weighted by molar-refractivity contribution is -0.154. The van der Waals surface area contributed by atoms with E-state index in [0.717, 1.165) is 24.4 Å². The smallest absolute Gasteiger partial charge is 0.422 e. The van der Waals surface area contributed by atoms with E-state index < -0.39 is 46.2 Å². The highest BCUT2D eigenvalue weighted by molar-refractivity contribution is 7.93. The van der Waals surface area contributed by atoms with Crippen molar-refractivity contribution in [2.24, 2.45) is 0 Å². The first-order chi connectivity index (χ1) is 14.0. The van der Waals surface area contributed by atoms with Crippen molar-refractivity contribution in [2.45, 2.75) is 19.5 Å². The van der Waals surface area contributed by atoms with Crippen LogP contribution in [0.3, 0.4) is 0 Å². The zero-order chi connectivity index (χ0) is 22.5. The van der Waals surface area contributed by atoms with E-state index in [-0.39, 0.29) is 23.4 Å². The predicted molar refractivity (Wildman–Crippen MR) is 99.6 cm³/mol. The second kappa shape index (κ2) is 9.28. The number of aromatic nitrogens is 1. The first kappa shape index (κ1) is 23.4. The number of hydrogen-bond acceptors (Lipinski definition) is 6. The summed E-state index contributed by atoms with van der Waals surface area (Å²) >= 11 is 0. The Labute approximate surface area is 170 Å². The maximum Gasteiger partial charge on any atom is 0.422 e. The van der Waals surface area contributed by atoms with Gasteiger partial charge in [-0.15, -0.1) is 0 Å². The van der Waals surface area contributed by atoms with Gasteiger partial charge >= 0.3 is 6.18 Å². The number of carbonyl (C=O) groups excluding carboxylic acids is 1. The summed E-state index contributed by atoms with van der Waals surface area (Å²) in [5, 5.41) is 0. The number of alkyl halides is 3. The zero-order valence-corrected chi connectivity index (χ0v) is 16.8. The van der Waals surface area contributed by atoms with E-state index in [4.69, 9.17) is 4.74 Å². The Bertz CT molecular complexity index is 995. The largest absolute Gasteiger partial charge is 0.494 e. The number of halogens is 4. The molecular formula is C18H18F4N2O5S. The molecule has 2 aromatic rings. The third kappa shape index (κ3) is 5.81. The van der Waals surface area contributed by atoms with E-state index in [2.05, 4.69) is 9.72 Å². The summed E-state index contributed by atoms with van der Waals surface area (Å²) in [6, 6.07) is 5.26. The molecule has 0 N–H and O–H groups in total. The second-order valence-corrected chi connectivity index (χ2v) is 7.93. The van der Waals surface area contributed by atoms with Gasteiger partial charge in [-0.05, 0) is 24.6 Å². The van der Waals surface area contributed by atoms with Crippen LogP contribution < -0.4 is 13.8 Å². The maximum absolute atomic E-state index is 14.1. The minimum Gasteiger partial charge on any atom is -0.494 e. The molecule has 1 aromatic heterocycles. The summed E-state index contributed by atoms with van der Waals surface area (Å²) in [6.45, 7) is 0.0125. The Morgan fingerprint density at radius 3 is 2.40 bits per heavy atom. The van der Waals surface area contributed by atoms with Crippen LogP contribution in [-0.2, 0) is 10.0 Å². The summed E-state index contributed by atoms with van der Waals surface area (Å²) in [5.41, 5.74) is -0.505. The highest BCUT2D eigenvalue weighted by Gasteiger charge is 2.31. The molecule has 0 aliphatic rings. The fourth-order valence-electron chi connectivity index (χ4n) is 2.40. The van der Waals surface area contributed by atoms with Gasteiger partial charge in [-0.3, -0.25) is 4.79 Å². The number of pyridine rings is 1. The molecule has 0 spiro atoms. The van der Waals surface area contributed by atoms with Crippen LogP contribution in [0, 0.1) is 5.82 Å². The van der Waals surface area contributed by atoms with Crippen molar-refractivity contribution in [3.8, 4) is 11.6 Å². The van der Waals surface area contributed by atoms with Gasteiger partial charge in [0.25, 0.3) is 5.91 Å². The summed E-state index contributed by atoms with van der Waals surface area (Å²) in [4.78, 5) is 16.5. The Morgan fingerprint density at radius 2 is 1.90 bits per heavy atom. The van der Waals surface area contributed by atoms with Crippen molar-refractivity contribution in [1.29, 1.82) is 0 Å². The normalized spacial score (nSPS) is 11.8.